The maximum absolute atomic E-state index is 11.9. The molecule has 1 N–H and O–H groups in total. The van der Waals surface area contributed by atoms with Gasteiger partial charge in [-0.25, -0.2) is 14.6 Å². The number of nitrogens with one attached hydrogen (secondary N) is 1. The summed E-state index contributed by atoms with van der Waals surface area (Å²) in [6, 6.07) is 12.1. The molecule has 0 aliphatic heterocycles. The summed E-state index contributed by atoms with van der Waals surface area (Å²) in [5.41, 5.74) is 2.45. The second-order valence-electron chi connectivity index (χ2n) is 5.50. The van der Waals surface area contributed by atoms with Crippen molar-refractivity contribution in [2.75, 3.05) is 13.7 Å². The summed E-state index contributed by atoms with van der Waals surface area (Å²) in [7, 11) is 1.33. The van der Waals surface area contributed by atoms with Crippen molar-refractivity contribution in [3.05, 3.63) is 48.0 Å². The van der Waals surface area contributed by atoms with Gasteiger partial charge >= 0.3 is 12.1 Å². The molecule has 0 spiro atoms. The van der Waals surface area contributed by atoms with Crippen LogP contribution in [-0.4, -0.2) is 35.8 Å². The average molecular weight is 354 g/mol. The van der Waals surface area contributed by atoms with E-state index in [1.165, 1.54) is 7.11 Å². The summed E-state index contributed by atoms with van der Waals surface area (Å²) < 4.78 is 14.7. The molecule has 0 atom stereocenters. The molecule has 7 nitrogen and oxygen atoms in total. The van der Waals surface area contributed by atoms with E-state index < -0.39 is 12.1 Å². The van der Waals surface area contributed by atoms with Gasteiger partial charge in [-0.3, -0.25) is 0 Å². The van der Waals surface area contributed by atoms with E-state index in [0.29, 0.717) is 29.3 Å². The van der Waals surface area contributed by atoms with Crippen LogP contribution in [0.1, 0.15) is 23.7 Å². The van der Waals surface area contributed by atoms with Gasteiger partial charge in [0.25, 0.3) is 0 Å². The van der Waals surface area contributed by atoms with Gasteiger partial charge in [-0.2, -0.15) is 0 Å². The highest BCUT2D eigenvalue weighted by atomic mass is 16.7. The van der Waals surface area contributed by atoms with Gasteiger partial charge in [-0.05, 0) is 42.8 Å². The summed E-state index contributed by atoms with van der Waals surface area (Å²) in [4.78, 5) is 31.0. The lowest BCUT2D eigenvalue weighted by molar-refractivity contribution is 0.0602. The number of para-hydroxylation sites is 1. The standard InChI is InChI=1S/C19H18N2O5/c1-3-11-25-19(23)26-13-9-7-12(8-10-13)17-20-15-6-4-5-14(16(15)21-17)18(22)24-2/h4-10H,3,11H2,1-2H3,(H,20,21). The van der Waals surface area contributed by atoms with Crippen LogP contribution >= 0.6 is 0 Å². The molecule has 0 amide bonds. The van der Waals surface area contributed by atoms with Crippen LogP contribution in [0.15, 0.2) is 42.5 Å². The zero-order valence-electron chi connectivity index (χ0n) is 14.4. The van der Waals surface area contributed by atoms with Crippen molar-refractivity contribution >= 4 is 23.2 Å². The predicted octanol–water partition coefficient (Wildman–Crippen LogP) is 3.94. The van der Waals surface area contributed by atoms with Crippen molar-refractivity contribution in [3.63, 3.8) is 0 Å². The Labute approximate surface area is 149 Å². The third-order valence-corrected chi connectivity index (χ3v) is 3.67. The van der Waals surface area contributed by atoms with Gasteiger partial charge in [-0.15, -0.1) is 0 Å². The van der Waals surface area contributed by atoms with Crippen molar-refractivity contribution in [2.45, 2.75) is 13.3 Å². The fourth-order valence-corrected chi connectivity index (χ4v) is 2.44. The molecular formula is C19H18N2O5. The van der Waals surface area contributed by atoms with E-state index in [-0.39, 0.29) is 0 Å². The van der Waals surface area contributed by atoms with Crippen LogP contribution in [0, 0.1) is 0 Å². The van der Waals surface area contributed by atoms with Crippen molar-refractivity contribution in [3.8, 4) is 17.1 Å². The smallest absolute Gasteiger partial charge is 0.465 e. The molecule has 1 heterocycles. The number of hydrogen-bond acceptors (Lipinski definition) is 6. The van der Waals surface area contributed by atoms with Crippen molar-refractivity contribution in [1.29, 1.82) is 0 Å². The van der Waals surface area contributed by atoms with Crippen LogP contribution in [0.4, 0.5) is 4.79 Å². The summed E-state index contributed by atoms with van der Waals surface area (Å²) in [5.74, 6) is 0.528. The number of esters is 1. The lowest BCUT2D eigenvalue weighted by Crippen LogP contribution is -2.10. The minimum Gasteiger partial charge on any atom is -0.465 e. The van der Waals surface area contributed by atoms with Crippen molar-refractivity contribution in [2.24, 2.45) is 0 Å². The summed E-state index contributed by atoms with van der Waals surface area (Å²) in [6.45, 7) is 2.22. The molecule has 26 heavy (non-hydrogen) atoms. The molecular weight excluding hydrogens is 336 g/mol. The fraction of sp³-hybridized carbons (Fsp3) is 0.211. The average Bonchev–Trinajstić information content (AvgIpc) is 3.10. The number of H-pyrrole nitrogens is 1. The van der Waals surface area contributed by atoms with Gasteiger partial charge in [0.2, 0.25) is 0 Å². The predicted molar refractivity (Wildman–Crippen MR) is 95.1 cm³/mol. The maximum Gasteiger partial charge on any atom is 0.513 e. The monoisotopic (exact) mass is 354 g/mol. The molecule has 0 unspecified atom stereocenters. The Morgan fingerprint density at radius 2 is 1.88 bits per heavy atom. The zero-order valence-corrected chi connectivity index (χ0v) is 14.4. The number of nitrogens with zero attached hydrogens (tertiary/aromatic N) is 1. The first kappa shape index (κ1) is 17.5. The number of methoxy groups -OCH3 is 1. The minimum atomic E-state index is -0.731. The first-order valence-corrected chi connectivity index (χ1v) is 8.14. The number of aromatic nitrogens is 2. The van der Waals surface area contributed by atoms with Crippen LogP contribution in [0.3, 0.4) is 0 Å². The number of aromatic amines is 1. The Morgan fingerprint density at radius 1 is 1.12 bits per heavy atom. The van der Waals surface area contributed by atoms with E-state index in [1.807, 2.05) is 13.0 Å². The SMILES string of the molecule is CCCOC(=O)Oc1ccc(-c2nc3c(C(=O)OC)cccc3[nH]2)cc1. The number of carbonyl (C=O) groups is 2. The molecule has 0 saturated heterocycles. The van der Waals surface area contributed by atoms with Gasteiger partial charge in [0.1, 0.15) is 17.1 Å². The van der Waals surface area contributed by atoms with Crippen LogP contribution < -0.4 is 4.74 Å². The minimum absolute atomic E-state index is 0.318. The van der Waals surface area contributed by atoms with E-state index in [0.717, 1.165) is 17.5 Å². The highest BCUT2D eigenvalue weighted by molar-refractivity contribution is 6.02. The summed E-state index contributed by atoms with van der Waals surface area (Å²) in [6.07, 6.45) is -0.000688. The van der Waals surface area contributed by atoms with Gasteiger partial charge in [0, 0.05) is 5.56 Å². The molecule has 0 saturated carbocycles. The van der Waals surface area contributed by atoms with Gasteiger partial charge in [0.05, 0.1) is 24.8 Å². The molecule has 134 valence electrons. The van der Waals surface area contributed by atoms with Crippen LogP contribution in [0.25, 0.3) is 22.4 Å². The van der Waals surface area contributed by atoms with Gasteiger partial charge in [-0.1, -0.05) is 13.0 Å². The first-order valence-electron chi connectivity index (χ1n) is 8.14. The number of ether oxygens (including phenoxy) is 3. The van der Waals surface area contributed by atoms with E-state index in [4.69, 9.17) is 14.2 Å². The molecule has 3 rings (SSSR count). The second-order valence-corrected chi connectivity index (χ2v) is 5.50. The molecule has 1 aromatic heterocycles. The number of rotatable bonds is 5. The summed E-state index contributed by atoms with van der Waals surface area (Å²) >= 11 is 0. The Hall–Kier alpha value is -3.35. The molecule has 0 aliphatic carbocycles. The lowest BCUT2D eigenvalue weighted by atomic mass is 10.2. The Kier molecular flexibility index (Phi) is 5.17. The highest BCUT2D eigenvalue weighted by Crippen LogP contribution is 2.25. The van der Waals surface area contributed by atoms with Crippen LogP contribution in [0.5, 0.6) is 5.75 Å². The number of hydrogen-bond donors (Lipinski definition) is 1. The molecule has 3 aromatic rings. The number of benzene rings is 2. The molecule has 7 heteroatoms. The van der Waals surface area contributed by atoms with E-state index >= 15 is 0 Å². The molecule has 0 radical (unpaired) electrons. The Morgan fingerprint density at radius 3 is 2.58 bits per heavy atom. The quantitative estimate of drug-likeness (QED) is 0.551. The number of carbonyl (C=O) groups excluding carboxylic acids is 2. The second kappa shape index (κ2) is 7.69. The maximum atomic E-state index is 11.9. The molecule has 0 fully saturated rings. The van der Waals surface area contributed by atoms with E-state index in [2.05, 4.69) is 9.97 Å². The zero-order chi connectivity index (χ0) is 18.5. The third kappa shape index (κ3) is 3.66. The Balaban J connectivity index is 1.83. The van der Waals surface area contributed by atoms with Crippen LogP contribution in [-0.2, 0) is 9.47 Å². The normalized spacial score (nSPS) is 10.5. The first-order chi connectivity index (χ1) is 12.6. The van der Waals surface area contributed by atoms with Gasteiger partial charge < -0.3 is 19.2 Å². The molecule has 0 bridgehead atoms. The largest absolute Gasteiger partial charge is 0.513 e. The molecule has 0 aliphatic rings. The number of imidazole rings is 1. The number of fused-ring (bicyclic) bond motifs is 1. The molecule has 2 aromatic carbocycles. The summed E-state index contributed by atoms with van der Waals surface area (Å²) in [5, 5.41) is 0. The topological polar surface area (TPSA) is 90.5 Å². The van der Waals surface area contributed by atoms with Crippen LogP contribution in [0.2, 0.25) is 0 Å². The van der Waals surface area contributed by atoms with Crippen molar-refractivity contribution < 1.29 is 23.8 Å². The van der Waals surface area contributed by atoms with E-state index in [9.17, 15) is 9.59 Å². The van der Waals surface area contributed by atoms with Crippen molar-refractivity contribution in [1.82, 2.24) is 9.97 Å². The van der Waals surface area contributed by atoms with Gasteiger partial charge in [0.15, 0.2) is 0 Å². The third-order valence-electron chi connectivity index (χ3n) is 3.67. The fourth-order valence-electron chi connectivity index (χ4n) is 2.44. The highest BCUT2D eigenvalue weighted by Gasteiger charge is 2.15. The van der Waals surface area contributed by atoms with E-state index in [1.54, 1.807) is 36.4 Å². The Bertz CT molecular complexity index is 931. The lowest BCUT2D eigenvalue weighted by Gasteiger charge is -2.05.